The highest BCUT2D eigenvalue weighted by atomic mass is 16.3. The van der Waals surface area contributed by atoms with Gasteiger partial charge in [-0.1, -0.05) is 42.5 Å². The van der Waals surface area contributed by atoms with E-state index in [0.29, 0.717) is 35.5 Å². The Morgan fingerprint density at radius 1 is 1.19 bits per heavy atom. The summed E-state index contributed by atoms with van der Waals surface area (Å²) in [5.41, 5.74) is 2.61. The summed E-state index contributed by atoms with van der Waals surface area (Å²) >= 11 is 0. The van der Waals surface area contributed by atoms with Crippen LogP contribution in [-0.2, 0) is 23.2 Å². The highest BCUT2D eigenvalue weighted by molar-refractivity contribution is 5.82. The van der Waals surface area contributed by atoms with Crippen molar-refractivity contribution in [3.63, 3.8) is 0 Å². The van der Waals surface area contributed by atoms with Crippen LogP contribution in [0.3, 0.4) is 0 Å². The van der Waals surface area contributed by atoms with E-state index in [0.717, 1.165) is 24.1 Å². The molecule has 2 heterocycles. The van der Waals surface area contributed by atoms with Gasteiger partial charge in [-0.05, 0) is 36.1 Å². The summed E-state index contributed by atoms with van der Waals surface area (Å²) in [4.78, 5) is 35.1. The molecule has 2 N–H and O–H groups in total. The number of H-pyrrole nitrogens is 1. The van der Waals surface area contributed by atoms with E-state index in [4.69, 9.17) is 10.2 Å². The Morgan fingerprint density at radius 3 is 2.69 bits per heavy atom. The number of carbonyl (C=O) groups is 1. The van der Waals surface area contributed by atoms with Gasteiger partial charge in [0.25, 0.3) is 11.5 Å². The molecule has 160 valence electrons. The van der Waals surface area contributed by atoms with E-state index in [1.165, 1.54) is 11.0 Å². The van der Waals surface area contributed by atoms with Crippen molar-refractivity contribution < 1.29 is 9.90 Å². The van der Waals surface area contributed by atoms with Crippen molar-refractivity contribution in [2.45, 2.75) is 37.3 Å². The molecule has 0 spiro atoms. The number of aliphatic hydroxyl groups excluding tert-OH is 1. The lowest BCUT2D eigenvalue weighted by Crippen LogP contribution is -2.42. The van der Waals surface area contributed by atoms with Gasteiger partial charge >= 0.3 is 0 Å². The van der Waals surface area contributed by atoms with Gasteiger partial charge in [0.2, 0.25) is 0 Å². The second-order valence-electron chi connectivity index (χ2n) is 8.44. The quantitative estimate of drug-likeness (QED) is 0.665. The molecule has 1 saturated carbocycles. The minimum atomic E-state index is -1.39. The van der Waals surface area contributed by atoms with E-state index in [2.05, 4.69) is 17.1 Å². The van der Waals surface area contributed by atoms with Crippen LogP contribution < -0.4 is 5.56 Å². The Morgan fingerprint density at radius 2 is 1.97 bits per heavy atom. The zero-order chi connectivity index (χ0) is 22.3. The Balaban J connectivity index is 1.39. The summed E-state index contributed by atoms with van der Waals surface area (Å²) < 4.78 is 0. The summed E-state index contributed by atoms with van der Waals surface area (Å²) in [7, 11) is 0. The molecule has 0 saturated heterocycles. The van der Waals surface area contributed by atoms with E-state index < -0.39 is 12.0 Å². The summed E-state index contributed by atoms with van der Waals surface area (Å²) in [6.07, 6.45) is 0.951. The first kappa shape index (κ1) is 20.2. The molecule has 2 aliphatic rings. The first-order valence-corrected chi connectivity index (χ1v) is 10.7. The molecule has 3 aromatic rings. The first-order valence-electron chi connectivity index (χ1n) is 10.7. The number of rotatable bonds is 4. The fourth-order valence-corrected chi connectivity index (χ4v) is 4.48. The maximum Gasteiger partial charge on any atom is 0.256 e. The zero-order valence-electron chi connectivity index (χ0n) is 17.4. The number of hydrogen-bond donors (Lipinski definition) is 2. The van der Waals surface area contributed by atoms with Gasteiger partial charge < -0.3 is 15.0 Å². The number of carbonyl (C=O) groups excluding carboxylic acids is 1. The standard InChI is InChI=1S/C25H22N4O3/c26-14-16-5-4-6-17(13-16)21(30)23(32)29-12-9-20-19(15-29)22(31)28-24(27-20)25(10-11-25)18-7-2-1-3-8-18/h1-8,13,21,30H,9-12,15H2,(H,27,28,31). The van der Waals surface area contributed by atoms with Crippen molar-refractivity contribution in [2.75, 3.05) is 6.54 Å². The molecular weight excluding hydrogens is 404 g/mol. The van der Waals surface area contributed by atoms with Gasteiger partial charge in [0, 0.05) is 13.0 Å². The van der Waals surface area contributed by atoms with E-state index >= 15 is 0 Å². The second-order valence-corrected chi connectivity index (χ2v) is 8.44. The second kappa shape index (κ2) is 7.74. The summed E-state index contributed by atoms with van der Waals surface area (Å²) in [6.45, 7) is 0.471. The van der Waals surface area contributed by atoms with Crippen molar-refractivity contribution in [3.8, 4) is 6.07 Å². The lowest BCUT2D eigenvalue weighted by molar-refractivity contribution is -0.141. The Kier molecular flexibility index (Phi) is 4.87. The molecule has 32 heavy (non-hydrogen) atoms. The third kappa shape index (κ3) is 3.39. The van der Waals surface area contributed by atoms with Crippen molar-refractivity contribution in [1.82, 2.24) is 14.9 Å². The van der Waals surface area contributed by atoms with Crippen molar-refractivity contribution in [2.24, 2.45) is 0 Å². The number of amides is 1. The SMILES string of the molecule is N#Cc1cccc(C(O)C(=O)N2CCc3nc(C4(c5ccccc5)CC4)[nH]c(=O)c3C2)c1. The Bertz CT molecular complexity index is 1290. The summed E-state index contributed by atoms with van der Waals surface area (Å²) in [6, 6.07) is 18.5. The lowest BCUT2D eigenvalue weighted by Gasteiger charge is -2.30. The number of hydrogen-bond acceptors (Lipinski definition) is 5. The van der Waals surface area contributed by atoms with Crippen molar-refractivity contribution in [1.29, 1.82) is 5.26 Å². The molecule has 0 bridgehead atoms. The fourth-order valence-electron chi connectivity index (χ4n) is 4.48. The zero-order valence-corrected chi connectivity index (χ0v) is 17.4. The number of nitriles is 1. The molecular formula is C25H22N4O3. The molecule has 1 fully saturated rings. The van der Waals surface area contributed by atoms with Crippen molar-refractivity contribution in [3.05, 3.63) is 98.7 Å². The normalized spacial score (nSPS) is 17.2. The maximum atomic E-state index is 12.9. The van der Waals surface area contributed by atoms with Gasteiger partial charge in [-0.2, -0.15) is 5.26 Å². The molecule has 1 aromatic heterocycles. The molecule has 5 rings (SSSR count). The number of nitrogens with one attached hydrogen (secondary N) is 1. The average molecular weight is 426 g/mol. The third-order valence-electron chi connectivity index (χ3n) is 6.48. The molecule has 7 nitrogen and oxygen atoms in total. The van der Waals surface area contributed by atoms with Gasteiger partial charge in [0.15, 0.2) is 6.10 Å². The van der Waals surface area contributed by atoms with Crippen LogP contribution in [0.5, 0.6) is 0 Å². The molecule has 2 aromatic carbocycles. The minimum Gasteiger partial charge on any atom is -0.378 e. The number of fused-ring (bicyclic) bond motifs is 1. The first-order chi connectivity index (χ1) is 15.5. The van der Waals surface area contributed by atoms with Gasteiger partial charge in [-0.3, -0.25) is 9.59 Å². The van der Waals surface area contributed by atoms with Crippen LogP contribution in [0.4, 0.5) is 0 Å². The maximum absolute atomic E-state index is 12.9. The van der Waals surface area contributed by atoms with Crippen LogP contribution in [-0.4, -0.2) is 32.4 Å². The summed E-state index contributed by atoms with van der Waals surface area (Å²) in [5, 5.41) is 19.6. The Hall–Kier alpha value is -3.76. The molecule has 1 unspecified atom stereocenters. The molecule has 1 aliphatic carbocycles. The summed E-state index contributed by atoms with van der Waals surface area (Å²) in [5.74, 6) is 0.206. The number of nitrogens with zero attached hydrogens (tertiary/aromatic N) is 3. The molecule has 1 atom stereocenters. The lowest BCUT2D eigenvalue weighted by atomic mass is 9.94. The van der Waals surface area contributed by atoms with E-state index in [-0.39, 0.29) is 17.5 Å². The third-order valence-corrected chi connectivity index (χ3v) is 6.48. The smallest absolute Gasteiger partial charge is 0.256 e. The number of aromatic nitrogens is 2. The van der Waals surface area contributed by atoms with Crippen LogP contribution in [0.1, 0.15) is 52.7 Å². The monoisotopic (exact) mass is 426 g/mol. The van der Waals surface area contributed by atoms with Gasteiger partial charge in [0.1, 0.15) is 5.82 Å². The minimum absolute atomic E-state index is 0.101. The van der Waals surface area contributed by atoms with E-state index in [9.17, 15) is 14.7 Å². The number of aromatic amines is 1. The van der Waals surface area contributed by atoms with E-state index in [1.807, 2.05) is 24.3 Å². The molecule has 1 amide bonds. The van der Waals surface area contributed by atoms with E-state index in [1.54, 1.807) is 18.2 Å². The van der Waals surface area contributed by atoms with Crippen LogP contribution >= 0.6 is 0 Å². The fraction of sp³-hybridized carbons (Fsp3) is 0.280. The largest absolute Gasteiger partial charge is 0.378 e. The highest BCUT2D eigenvalue weighted by Gasteiger charge is 2.48. The average Bonchev–Trinajstić information content (AvgIpc) is 3.66. The predicted octanol–water partition coefficient (Wildman–Crippen LogP) is 2.34. The van der Waals surface area contributed by atoms with Crippen molar-refractivity contribution >= 4 is 5.91 Å². The van der Waals surface area contributed by atoms with Crippen LogP contribution in [0.25, 0.3) is 0 Å². The molecule has 1 aliphatic heterocycles. The molecule has 7 heteroatoms. The van der Waals surface area contributed by atoms with Gasteiger partial charge in [-0.15, -0.1) is 0 Å². The Labute approximate surface area is 185 Å². The van der Waals surface area contributed by atoms with Crippen LogP contribution in [0, 0.1) is 11.3 Å². The van der Waals surface area contributed by atoms with Gasteiger partial charge in [-0.25, -0.2) is 4.98 Å². The number of aliphatic hydroxyl groups is 1. The topological polar surface area (TPSA) is 110 Å². The number of benzene rings is 2. The molecule has 0 radical (unpaired) electrons. The van der Waals surface area contributed by atoms with Gasteiger partial charge in [0.05, 0.1) is 34.8 Å². The van der Waals surface area contributed by atoms with Crippen LogP contribution in [0.2, 0.25) is 0 Å². The highest BCUT2D eigenvalue weighted by Crippen LogP contribution is 2.51. The predicted molar refractivity (Wildman–Crippen MR) is 117 cm³/mol. The van der Waals surface area contributed by atoms with Crippen LogP contribution in [0.15, 0.2) is 59.4 Å².